The standard InChI is InChI=1S/C18H21FN2O2/c1-13(2)23-17-9-7-16(8-10-17)21-18(22)20-12-11-14-3-5-15(19)6-4-14/h3-10,13H,11-12H2,1-2H3,(H2,20,21,22). The number of carbonyl (C=O) groups is 1. The Kier molecular flexibility index (Phi) is 5.97. The number of amides is 2. The molecule has 0 heterocycles. The Balaban J connectivity index is 1.75. The third-order valence-electron chi connectivity index (χ3n) is 3.10. The molecule has 0 aliphatic rings. The second-order valence-electron chi connectivity index (χ2n) is 5.45. The molecule has 2 amide bonds. The number of carbonyl (C=O) groups excluding carboxylic acids is 1. The molecule has 2 rings (SSSR count). The van der Waals surface area contributed by atoms with Gasteiger partial charge in [0.05, 0.1) is 6.10 Å². The number of urea groups is 1. The highest BCUT2D eigenvalue weighted by molar-refractivity contribution is 5.89. The number of hydrogen-bond donors (Lipinski definition) is 2. The van der Waals surface area contributed by atoms with Crippen LogP contribution in [0.15, 0.2) is 48.5 Å². The number of hydrogen-bond acceptors (Lipinski definition) is 2. The van der Waals surface area contributed by atoms with Gasteiger partial charge in [-0.2, -0.15) is 0 Å². The Labute approximate surface area is 135 Å². The first kappa shape index (κ1) is 16.8. The van der Waals surface area contributed by atoms with E-state index in [1.54, 1.807) is 24.3 Å². The molecule has 0 atom stereocenters. The minimum Gasteiger partial charge on any atom is -0.491 e. The molecular formula is C18H21FN2O2. The molecule has 0 aliphatic heterocycles. The van der Waals surface area contributed by atoms with Crippen molar-refractivity contribution in [2.45, 2.75) is 26.4 Å². The summed E-state index contributed by atoms with van der Waals surface area (Å²) in [4.78, 5) is 11.8. The minimum atomic E-state index is -0.273. The molecule has 0 saturated carbocycles. The molecule has 2 aromatic carbocycles. The number of anilines is 1. The van der Waals surface area contributed by atoms with Gasteiger partial charge < -0.3 is 15.4 Å². The van der Waals surface area contributed by atoms with Crippen molar-refractivity contribution < 1.29 is 13.9 Å². The number of nitrogens with one attached hydrogen (secondary N) is 2. The van der Waals surface area contributed by atoms with Crippen molar-refractivity contribution in [2.75, 3.05) is 11.9 Å². The molecule has 0 radical (unpaired) electrons. The summed E-state index contributed by atoms with van der Waals surface area (Å²) in [6.45, 7) is 4.40. The molecule has 0 aromatic heterocycles. The molecule has 23 heavy (non-hydrogen) atoms. The molecule has 5 heteroatoms. The Hall–Kier alpha value is -2.56. The third kappa shape index (κ3) is 5.98. The lowest BCUT2D eigenvalue weighted by molar-refractivity contribution is 0.242. The van der Waals surface area contributed by atoms with Gasteiger partial charge in [0.25, 0.3) is 0 Å². The van der Waals surface area contributed by atoms with E-state index in [-0.39, 0.29) is 18.0 Å². The summed E-state index contributed by atoms with van der Waals surface area (Å²) < 4.78 is 18.3. The molecule has 2 N–H and O–H groups in total. The van der Waals surface area contributed by atoms with Crippen molar-refractivity contribution in [1.29, 1.82) is 0 Å². The zero-order valence-electron chi connectivity index (χ0n) is 13.3. The smallest absolute Gasteiger partial charge is 0.319 e. The van der Waals surface area contributed by atoms with Crippen molar-refractivity contribution in [3.63, 3.8) is 0 Å². The maximum absolute atomic E-state index is 12.8. The van der Waals surface area contributed by atoms with Gasteiger partial charge in [0.2, 0.25) is 0 Å². The quantitative estimate of drug-likeness (QED) is 0.847. The highest BCUT2D eigenvalue weighted by atomic mass is 19.1. The van der Waals surface area contributed by atoms with Crippen LogP contribution >= 0.6 is 0 Å². The maximum atomic E-state index is 12.8. The lowest BCUT2D eigenvalue weighted by Crippen LogP contribution is -2.30. The zero-order chi connectivity index (χ0) is 16.7. The van der Waals surface area contributed by atoms with E-state index in [0.717, 1.165) is 11.3 Å². The highest BCUT2D eigenvalue weighted by Gasteiger charge is 2.03. The minimum absolute atomic E-state index is 0.114. The topological polar surface area (TPSA) is 50.4 Å². The van der Waals surface area contributed by atoms with Crippen LogP contribution in [0, 0.1) is 5.82 Å². The lowest BCUT2D eigenvalue weighted by atomic mass is 10.1. The van der Waals surface area contributed by atoms with Gasteiger partial charge in [0.1, 0.15) is 11.6 Å². The predicted molar refractivity (Wildman–Crippen MR) is 89.3 cm³/mol. The van der Waals surface area contributed by atoms with Gasteiger partial charge >= 0.3 is 6.03 Å². The first-order valence-corrected chi connectivity index (χ1v) is 7.59. The van der Waals surface area contributed by atoms with E-state index < -0.39 is 0 Å². The van der Waals surface area contributed by atoms with Gasteiger partial charge in [-0.1, -0.05) is 12.1 Å². The van der Waals surface area contributed by atoms with Gasteiger partial charge in [-0.3, -0.25) is 0 Å². The van der Waals surface area contributed by atoms with E-state index in [0.29, 0.717) is 18.7 Å². The van der Waals surface area contributed by atoms with Gasteiger partial charge in [-0.15, -0.1) is 0 Å². The van der Waals surface area contributed by atoms with E-state index in [1.165, 1.54) is 12.1 Å². The van der Waals surface area contributed by atoms with Crippen LogP contribution in [0.4, 0.5) is 14.9 Å². The van der Waals surface area contributed by atoms with Crippen LogP contribution in [0.2, 0.25) is 0 Å². The molecule has 4 nitrogen and oxygen atoms in total. The summed E-state index contributed by atoms with van der Waals surface area (Å²) in [5, 5.41) is 5.52. The molecule has 0 saturated heterocycles. The van der Waals surface area contributed by atoms with Crippen LogP contribution in [-0.4, -0.2) is 18.7 Å². The molecule has 0 spiro atoms. The maximum Gasteiger partial charge on any atom is 0.319 e. The molecule has 2 aromatic rings. The van der Waals surface area contributed by atoms with Gasteiger partial charge in [0, 0.05) is 12.2 Å². The Bertz CT molecular complexity index is 624. The highest BCUT2D eigenvalue weighted by Crippen LogP contribution is 2.16. The summed E-state index contributed by atoms with van der Waals surface area (Å²) in [5.74, 6) is 0.506. The van der Waals surface area contributed by atoms with Crippen LogP contribution in [0.25, 0.3) is 0 Å². The number of benzene rings is 2. The second-order valence-corrected chi connectivity index (χ2v) is 5.45. The molecule has 0 aliphatic carbocycles. The first-order valence-electron chi connectivity index (χ1n) is 7.59. The molecule has 0 fully saturated rings. The molecule has 0 unspecified atom stereocenters. The van der Waals surface area contributed by atoms with E-state index in [9.17, 15) is 9.18 Å². The van der Waals surface area contributed by atoms with Gasteiger partial charge in [-0.25, -0.2) is 9.18 Å². The van der Waals surface area contributed by atoms with Crippen LogP contribution in [0.5, 0.6) is 5.75 Å². The summed E-state index contributed by atoms with van der Waals surface area (Å²) in [6, 6.07) is 13.2. The van der Waals surface area contributed by atoms with Crippen molar-refractivity contribution in [1.82, 2.24) is 5.32 Å². The molecule has 122 valence electrons. The van der Waals surface area contributed by atoms with E-state index >= 15 is 0 Å². The Morgan fingerprint density at radius 1 is 1.09 bits per heavy atom. The van der Waals surface area contributed by atoms with E-state index in [1.807, 2.05) is 26.0 Å². The summed E-state index contributed by atoms with van der Waals surface area (Å²) in [5.41, 5.74) is 1.67. The lowest BCUT2D eigenvalue weighted by Gasteiger charge is -2.11. The van der Waals surface area contributed by atoms with Gasteiger partial charge in [-0.05, 0) is 62.2 Å². The first-order chi connectivity index (χ1) is 11.0. The van der Waals surface area contributed by atoms with Crippen LogP contribution in [-0.2, 0) is 6.42 Å². The number of ether oxygens (including phenoxy) is 1. The zero-order valence-corrected chi connectivity index (χ0v) is 13.3. The monoisotopic (exact) mass is 316 g/mol. The number of halogens is 1. The number of rotatable bonds is 6. The fourth-order valence-corrected chi connectivity index (χ4v) is 2.04. The van der Waals surface area contributed by atoms with Crippen LogP contribution < -0.4 is 15.4 Å². The fraction of sp³-hybridized carbons (Fsp3) is 0.278. The van der Waals surface area contributed by atoms with Crippen molar-refractivity contribution >= 4 is 11.7 Å². The van der Waals surface area contributed by atoms with Crippen molar-refractivity contribution in [3.05, 3.63) is 59.9 Å². The van der Waals surface area contributed by atoms with Crippen LogP contribution in [0.3, 0.4) is 0 Å². The molecular weight excluding hydrogens is 295 g/mol. The van der Waals surface area contributed by atoms with E-state index in [4.69, 9.17) is 4.74 Å². The average Bonchev–Trinajstić information content (AvgIpc) is 2.51. The normalized spacial score (nSPS) is 10.4. The van der Waals surface area contributed by atoms with Crippen molar-refractivity contribution in [3.8, 4) is 5.75 Å². The third-order valence-corrected chi connectivity index (χ3v) is 3.10. The van der Waals surface area contributed by atoms with Crippen LogP contribution in [0.1, 0.15) is 19.4 Å². The predicted octanol–water partition coefficient (Wildman–Crippen LogP) is 3.98. The van der Waals surface area contributed by atoms with E-state index in [2.05, 4.69) is 10.6 Å². The molecule has 0 bridgehead atoms. The fourth-order valence-electron chi connectivity index (χ4n) is 2.04. The summed E-state index contributed by atoms with van der Waals surface area (Å²) in [7, 11) is 0. The second kappa shape index (κ2) is 8.17. The Morgan fingerprint density at radius 2 is 1.74 bits per heavy atom. The SMILES string of the molecule is CC(C)Oc1ccc(NC(=O)NCCc2ccc(F)cc2)cc1. The largest absolute Gasteiger partial charge is 0.491 e. The van der Waals surface area contributed by atoms with Crippen molar-refractivity contribution in [2.24, 2.45) is 0 Å². The Morgan fingerprint density at radius 3 is 2.35 bits per heavy atom. The van der Waals surface area contributed by atoms with Gasteiger partial charge in [0.15, 0.2) is 0 Å². The summed E-state index contributed by atoms with van der Waals surface area (Å²) >= 11 is 0. The average molecular weight is 316 g/mol. The summed E-state index contributed by atoms with van der Waals surface area (Å²) in [6.07, 6.45) is 0.762.